The van der Waals surface area contributed by atoms with Crippen LogP contribution >= 0.6 is 0 Å². The molecule has 0 spiro atoms. The molecule has 1 fully saturated rings. The first-order valence-electron chi connectivity index (χ1n) is 6.61. The third-order valence-electron chi connectivity index (χ3n) is 2.97. The highest BCUT2D eigenvalue weighted by Crippen LogP contribution is 2.21. The lowest BCUT2D eigenvalue weighted by Crippen LogP contribution is -2.32. The number of anilines is 1. The molecule has 2 amide bonds. The zero-order valence-corrected chi connectivity index (χ0v) is 11.4. The van der Waals surface area contributed by atoms with Gasteiger partial charge in [0, 0.05) is 31.8 Å². The standard InChI is InChI=1S/C14H18F2N2O2/c1-14(15,16)10-20-12-6-4-5-11(9-12)17-13(19)18-7-2-3-8-18/h4-6,9H,2-3,7-8,10H2,1H3,(H,17,19). The van der Waals surface area contributed by atoms with Crippen molar-refractivity contribution in [3.05, 3.63) is 24.3 Å². The molecule has 1 N–H and O–H groups in total. The van der Waals surface area contributed by atoms with Crippen LogP contribution in [0.15, 0.2) is 24.3 Å². The van der Waals surface area contributed by atoms with Crippen LogP contribution in [-0.2, 0) is 0 Å². The van der Waals surface area contributed by atoms with Crippen LogP contribution in [-0.4, -0.2) is 36.5 Å². The van der Waals surface area contributed by atoms with Crippen LogP contribution < -0.4 is 10.1 Å². The van der Waals surface area contributed by atoms with Crippen LogP contribution in [0.5, 0.6) is 5.75 Å². The fourth-order valence-corrected chi connectivity index (χ4v) is 2.00. The minimum atomic E-state index is -2.88. The molecule has 1 heterocycles. The molecule has 0 aromatic heterocycles. The number of carbonyl (C=O) groups is 1. The summed E-state index contributed by atoms with van der Waals surface area (Å²) in [6.45, 7) is 1.62. The average Bonchev–Trinajstić information content (AvgIpc) is 2.90. The number of rotatable bonds is 4. The van der Waals surface area contributed by atoms with Gasteiger partial charge in [0.2, 0.25) is 0 Å². The number of alkyl halides is 2. The van der Waals surface area contributed by atoms with E-state index in [0.717, 1.165) is 32.9 Å². The maximum Gasteiger partial charge on any atom is 0.321 e. The number of halogens is 2. The first-order valence-corrected chi connectivity index (χ1v) is 6.61. The van der Waals surface area contributed by atoms with E-state index in [4.69, 9.17) is 4.74 Å². The monoisotopic (exact) mass is 284 g/mol. The van der Waals surface area contributed by atoms with Gasteiger partial charge in [0.25, 0.3) is 5.92 Å². The summed E-state index contributed by atoms with van der Waals surface area (Å²) in [6, 6.07) is 6.31. The number of nitrogens with zero attached hydrogens (tertiary/aromatic N) is 1. The number of hydrogen-bond acceptors (Lipinski definition) is 2. The van der Waals surface area contributed by atoms with E-state index in [1.54, 1.807) is 29.2 Å². The molecule has 1 aromatic carbocycles. The molecule has 6 heteroatoms. The Kier molecular flexibility index (Phi) is 4.42. The minimum absolute atomic E-state index is 0.166. The van der Waals surface area contributed by atoms with Gasteiger partial charge in [-0.2, -0.15) is 0 Å². The number of nitrogens with one attached hydrogen (secondary N) is 1. The molecule has 4 nitrogen and oxygen atoms in total. The molecule has 110 valence electrons. The number of ether oxygens (including phenoxy) is 1. The van der Waals surface area contributed by atoms with Crippen molar-refractivity contribution in [2.24, 2.45) is 0 Å². The summed E-state index contributed by atoms with van der Waals surface area (Å²) in [4.78, 5) is 13.6. The molecule has 20 heavy (non-hydrogen) atoms. The highest BCUT2D eigenvalue weighted by Gasteiger charge is 2.22. The number of benzene rings is 1. The second-order valence-corrected chi connectivity index (χ2v) is 5.01. The fourth-order valence-electron chi connectivity index (χ4n) is 2.00. The van der Waals surface area contributed by atoms with Gasteiger partial charge in [-0.05, 0) is 25.0 Å². The Balaban J connectivity index is 1.93. The third-order valence-corrected chi connectivity index (χ3v) is 2.97. The van der Waals surface area contributed by atoms with Gasteiger partial charge >= 0.3 is 6.03 Å². The summed E-state index contributed by atoms with van der Waals surface area (Å²) >= 11 is 0. The molecule has 0 unspecified atom stereocenters. The fraction of sp³-hybridized carbons (Fsp3) is 0.500. The SMILES string of the molecule is CC(F)(F)COc1cccc(NC(=O)N2CCCC2)c1. The smallest absolute Gasteiger partial charge is 0.321 e. The summed E-state index contributed by atoms with van der Waals surface area (Å²) in [5, 5.41) is 2.74. The van der Waals surface area contributed by atoms with Gasteiger partial charge in [-0.3, -0.25) is 0 Å². The number of hydrogen-bond donors (Lipinski definition) is 1. The molecule has 0 radical (unpaired) electrons. The quantitative estimate of drug-likeness (QED) is 0.921. The van der Waals surface area contributed by atoms with Crippen molar-refractivity contribution < 1.29 is 18.3 Å². The molecule has 0 atom stereocenters. The molecule has 1 aliphatic rings. The Hall–Kier alpha value is -1.85. The van der Waals surface area contributed by atoms with Crippen LogP contribution in [0.1, 0.15) is 19.8 Å². The van der Waals surface area contributed by atoms with Crippen molar-refractivity contribution in [3.63, 3.8) is 0 Å². The molecule has 1 saturated heterocycles. The normalized spacial score (nSPS) is 15.2. The van der Waals surface area contributed by atoms with Crippen molar-refractivity contribution in [3.8, 4) is 5.75 Å². The number of amides is 2. The number of likely N-dealkylation sites (tertiary alicyclic amines) is 1. The van der Waals surface area contributed by atoms with Gasteiger partial charge in [0.1, 0.15) is 5.75 Å². The van der Waals surface area contributed by atoms with Crippen LogP contribution in [0.4, 0.5) is 19.3 Å². The topological polar surface area (TPSA) is 41.6 Å². The second kappa shape index (κ2) is 6.07. The highest BCUT2D eigenvalue weighted by molar-refractivity contribution is 5.89. The van der Waals surface area contributed by atoms with Crippen molar-refractivity contribution in [1.29, 1.82) is 0 Å². The summed E-state index contributed by atoms with van der Waals surface area (Å²) < 4.78 is 30.4. The molecular formula is C14H18F2N2O2. The van der Waals surface area contributed by atoms with E-state index in [1.807, 2.05) is 0 Å². The number of urea groups is 1. The van der Waals surface area contributed by atoms with E-state index in [-0.39, 0.29) is 6.03 Å². The largest absolute Gasteiger partial charge is 0.487 e. The Morgan fingerprint density at radius 2 is 2.10 bits per heavy atom. The van der Waals surface area contributed by atoms with E-state index in [1.165, 1.54) is 0 Å². The highest BCUT2D eigenvalue weighted by atomic mass is 19.3. The Bertz CT molecular complexity index is 468. The van der Waals surface area contributed by atoms with Gasteiger partial charge < -0.3 is 15.0 Å². The van der Waals surface area contributed by atoms with Gasteiger partial charge in [0.05, 0.1) is 0 Å². The van der Waals surface area contributed by atoms with E-state index < -0.39 is 12.5 Å². The molecular weight excluding hydrogens is 266 g/mol. The van der Waals surface area contributed by atoms with Crippen LogP contribution in [0.25, 0.3) is 0 Å². The Labute approximate surface area is 116 Å². The Morgan fingerprint density at radius 1 is 1.40 bits per heavy atom. The zero-order chi connectivity index (χ0) is 14.6. The average molecular weight is 284 g/mol. The van der Waals surface area contributed by atoms with Gasteiger partial charge in [0.15, 0.2) is 6.61 Å². The van der Waals surface area contributed by atoms with Crippen molar-refractivity contribution in [2.75, 3.05) is 25.0 Å². The van der Waals surface area contributed by atoms with Crippen molar-refractivity contribution in [2.45, 2.75) is 25.7 Å². The van der Waals surface area contributed by atoms with E-state index in [0.29, 0.717) is 11.4 Å². The summed E-state index contributed by atoms with van der Waals surface area (Å²) in [5.74, 6) is -2.57. The summed E-state index contributed by atoms with van der Waals surface area (Å²) in [7, 11) is 0. The van der Waals surface area contributed by atoms with Crippen molar-refractivity contribution in [1.82, 2.24) is 4.90 Å². The van der Waals surface area contributed by atoms with Crippen LogP contribution in [0, 0.1) is 0 Å². The summed E-state index contributed by atoms with van der Waals surface area (Å²) in [5.41, 5.74) is 0.541. The third kappa shape index (κ3) is 4.36. The zero-order valence-electron chi connectivity index (χ0n) is 11.4. The van der Waals surface area contributed by atoms with E-state index in [2.05, 4.69) is 5.32 Å². The van der Waals surface area contributed by atoms with Crippen molar-refractivity contribution >= 4 is 11.7 Å². The molecule has 0 bridgehead atoms. The maximum atomic E-state index is 12.7. The first kappa shape index (κ1) is 14.6. The molecule has 0 saturated carbocycles. The van der Waals surface area contributed by atoms with Crippen LogP contribution in [0.2, 0.25) is 0 Å². The van der Waals surface area contributed by atoms with Gasteiger partial charge in [-0.1, -0.05) is 6.07 Å². The lowest BCUT2D eigenvalue weighted by atomic mass is 10.3. The first-order chi connectivity index (χ1) is 9.44. The molecule has 2 rings (SSSR count). The minimum Gasteiger partial charge on any atom is -0.487 e. The van der Waals surface area contributed by atoms with Gasteiger partial charge in [-0.25, -0.2) is 13.6 Å². The van der Waals surface area contributed by atoms with E-state index in [9.17, 15) is 13.6 Å². The van der Waals surface area contributed by atoms with Crippen LogP contribution in [0.3, 0.4) is 0 Å². The lowest BCUT2D eigenvalue weighted by Gasteiger charge is -2.17. The molecule has 1 aliphatic heterocycles. The Morgan fingerprint density at radius 3 is 2.75 bits per heavy atom. The predicted octanol–water partition coefficient (Wildman–Crippen LogP) is 3.35. The lowest BCUT2D eigenvalue weighted by molar-refractivity contribution is -0.0229. The summed E-state index contributed by atoms with van der Waals surface area (Å²) in [6.07, 6.45) is 2.03. The predicted molar refractivity (Wildman–Crippen MR) is 72.4 cm³/mol. The molecule has 1 aromatic rings. The second-order valence-electron chi connectivity index (χ2n) is 5.01. The van der Waals surface area contributed by atoms with Gasteiger partial charge in [-0.15, -0.1) is 0 Å². The van der Waals surface area contributed by atoms with E-state index >= 15 is 0 Å². The number of carbonyl (C=O) groups excluding carboxylic acids is 1. The molecule has 0 aliphatic carbocycles. The maximum absolute atomic E-state index is 12.7.